The Morgan fingerprint density at radius 2 is 1.83 bits per heavy atom. The highest BCUT2D eigenvalue weighted by Gasteiger charge is 2.32. The van der Waals surface area contributed by atoms with Crippen LogP contribution in [0.3, 0.4) is 0 Å². The quantitative estimate of drug-likeness (QED) is 0.215. The maximum Gasteiger partial charge on any atom is 0.337 e. The van der Waals surface area contributed by atoms with Gasteiger partial charge in [0.25, 0.3) is 0 Å². The molecule has 41 heavy (non-hydrogen) atoms. The lowest BCUT2D eigenvalue weighted by molar-refractivity contribution is -0.160. The van der Waals surface area contributed by atoms with Crippen molar-refractivity contribution in [3.8, 4) is 21.7 Å². The molecule has 0 amide bonds. The third-order valence-electron chi connectivity index (χ3n) is 7.40. The van der Waals surface area contributed by atoms with Crippen molar-refractivity contribution in [3.63, 3.8) is 0 Å². The van der Waals surface area contributed by atoms with Gasteiger partial charge in [-0.25, -0.2) is 9.78 Å². The molecule has 0 unspecified atom stereocenters. The monoisotopic (exact) mass is 589 g/mol. The summed E-state index contributed by atoms with van der Waals surface area (Å²) in [5.74, 6) is -1.03. The zero-order valence-corrected chi connectivity index (χ0v) is 25.1. The Labute approximate surface area is 247 Å². The van der Waals surface area contributed by atoms with E-state index in [1.165, 1.54) is 0 Å². The van der Waals surface area contributed by atoms with Crippen molar-refractivity contribution < 1.29 is 19.4 Å². The molecule has 0 bridgehead atoms. The summed E-state index contributed by atoms with van der Waals surface area (Å²) in [6, 6.07) is 16.1. The van der Waals surface area contributed by atoms with E-state index < -0.39 is 17.7 Å². The SMILES string of the molecule is Cc1cc2nc(-c3ccc4c(cnn4C4CCOCC4)c3)sc2c(-c2ccc(Cl)cc2)c1[C@H](OC(C)(C)C)C(=O)O. The second-order valence-corrected chi connectivity index (χ2v) is 12.9. The van der Waals surface area contributed by atoms with Crippen LogP contribution in [-0.4, -0.2) is 44.7 Å². The van der Waals surface area contributed by atoms with E-state index in [0.717, 1.165) is 74.4 Å². The Hall–Kier alpha value is -3.30. The van der Waals surface area contributed by atoms with Gasteiger partial charge in [-0.2, -0.15) is 5.10 Å². The van der Waals surface area contributed by atoms with Crippen LogP contribution >= 0.6 is 22.9 Å². The van der Waals surface area contributed by atoms with Crippen LogP contribution in [0.1, 0.15) is 56.9 Å². The summed E-state index contributed by atoms with van der Waals surface area (Å²) in [6.07, 6.45) is 2.69. The molecule has 212 valence electrons. The first-order valence-electron chi connectivity index (χ1n) is 13.7. The topological polar surface area (TPSA) is 86.5 Å². The van der Waals surface area contributed by atoms with Crippen molar-refractivity contribution in [1.29, 1.82) is 0 Å². The maximum atomic E-state index is 12.6. The van der Waals surface area contributed by atoms with E-state index in [-0.39, 0.29) is 0 Å². The van der Waals surface area contributed by atoms with Crippen LogP contribution in [0.5, 0.6) is 0 Å². The molecule has 1 fully saturated rings. The van der Waals surface area contributed by atoms with Crippen LogP contribution in [0.15, 0.2) is 54.7 Å². The molecule has 3 aromatic carbocycles. The Morgan fingerprint density at radius 3 is 2.51 bits per heavy atom. The van der Waals surface area contributed by atoms with Gasteiger partial charge in [-0.15, -0.1) is 11.3 Å². The van der Waals surface area contributed by atoms with Crippen molar-refractivity contribution in [2.75, 3.05) is 13.2 Å². The average molecular weight is 590 g/mol. The molecule has 0 saturated carbocycles. The van der Waals surface area contributed by atoms with Crippen molar-refractivity contribution >= 4 is 50.0 Å². The zero-order chi connectivity index (χ0) is 28.9. The number of aliphatic carboxylic acids is 1. The summed E-state index contributed by atoms with van der Waals surface area (Å²) in [4.78, 5) is 17.6. The summed E-state index contributed by atoms with van der Waals surface area (Å²) in [5.41, 5.74) is 5.36. The molecule has 5 aromatic rings. The minimum atomic E-state index is -1.15. The molecule has 0 spiro atoms. The molecule has 0 aliphatic carbocycles. The molecule has 9 heteroatoms. The number of carbonyl (C=O) groups is 1. The number of halogens is 1. The predicted octanol–water partition coefficient (Wildman–Crippen LogP) is 8.23. The lowest BCUT2D eigenvalue weighted by atomic mass is 9.91. The van der Waals surface area contributed by atoms with Gasteiger partial charge < -0.3 is 14.6 Å². The first kappa shape index (κ1) is 27.8. The fourth-order valence-corrected chi connectivity index (χ4v) is 6.82. The van der Waals surface area contributed by atoms with E-state index in [1.54, 1.807) is 11.3 Å². The van der Waals surface area contributed by atoms with Crippen molar-refractivity contribution in [1.82, 2.24) is 14.8 Å². The highest BCUT2D eigenvalue weighted by atomic mass is 35.5. The highest BCUT2D eigenvalue weighted by molar-refractivity contribution is 7.22. The number of fused-ring (bicyclic) bond motifs is 2. The lowest BCUT2D eigenvalue weighted by Gasteiger charge is -2.28. The number of nitrogens with zero attached hydrogens (tertiary/aromatic N) is 3. The normalized spacial score (nSPS) is 15.5. The Bertz CT molecular complexity index is 1750. The van der Waals surface area contributed by atoms with Gasteiger partial charge in [0.05, 0.1) is 33.6 Å². The van der Waals surface area contributed by atoms with Gasteiger partial charge in [0.1, 0.15) is 5.01 Å². The first-order valence-corrected chi connectivity index (χ1v) is 14.9. The molecule has 1 saturated heterocycles. The predicted molar refractivity (Wildman–Crippen MR) is 164 cm³/mol. The second kappa shape index (κ2) is 10.8. The third kappa shape index (κ3) is 5.49. The molecule has 1 aliphatic heterocycles. The summed E-state index contributed by atoms with van der Waals surface area (Å²) >= 11 is 7.78. The number of thiazole rings is 1. The number of ether oxygens (including phenoxy) is 2. The zero-order valence-electron chi connectivity index (χ0n) is 23.5. The van der Waals surface area contributed by atoms with Crippen LogP contribution in [0, 0.1) is 6.92 Å². The number of carboxylic acids is 1. The van der Waals surface area contributed by atoms with Gasteiger partial charge in [-0.3, -0.25) is 4.68 Å². The van der Waals surface area contributed by atoms with Crippen molar-refractivity contribution in [3.05, 3.63) is 70.9 Å². The second-order valence-electron chi connectivity index (χ2n) is 11.5. The van der Waals surface area contributed by atoms with Gasteiger partial charge >= 0.3 is 5.97 Å². The van der Waals surface area contributed by atoms with E-state index in [4.69, 9.17) is 31.2 Å². The molecule has 1 atom stereocenters. The number of benzene rings is 3. The van der Waals surface area contributed by atoms with Gasteiger partial charge in [-0.1, -0.05) is 23.7 Å². The fourth-order valence-electron chi connectivity index (χ4n) is 5.57. The van der Waals surface area contributed by atoms with E-state index >= 15 is 0 Å². The van der Waals surface area contributed by atoms with Gasteiger partial charge in [0, 0.05) is 40.3 Å². The van der Waals surface area contributed by atoms with Crippen molar-refractivity contribution in [2.45, 2.75) is 58.3 Å². The Kier molecular flexibility index (Phi) is 7.36. The number of hydrogen-bond acceptors (Lipinski definition) is 6. The van der Waals surface area contributed by atoms with E-state index in [9.17, 15) is 9.90 Å². The molecule has 7 nitrogen and oxygen atoms in total. The third-order valence-corrected chi connectivity index (χ3v) is 8.79. The van der Waals surface area contributed by atoms with E-state index in [0.29, 0.717) is 16.6 Å². The highest BCUT2D eigenvalue weighted by Crippen LogP contribution is 2.44. The smallest absolute Gasteiger partial charge is 0.337 e. The van der Waals surface area contributed by atoms with E-state index in [2.05, 4.69) is 22.9 Å². The molecule has 1 N–H and O–H groups in total. The molecule has 3 heterocycles. The Morgan fingerprint density at radius 1 is 1.12 bits per heavy atom. The van der Waals surface area contributed by atoms with Gasteiger partial charge in [0.15, 0.2) is 6.10 Å². The standard InChI is InChI=1S/C32H32ClN3O4S/c1-18-15-24-29(27(19-5-8-22(33)9-6-19)26(18)28(31(37)38)40-32(2,3)4)41-30(35-24)20-7-10-25-21(16-20)17-34-36(25)23-11-13-39-14-12-23/h5-10,15-17,23,28H,11-14H2,1-4H3,(H,37,38)/t28-/m0/s1. The molecule has 6 rings (SSSR count). The summed E-state index contributed by atoms with van der Waals surface area (Å²) < 4.78 is 14.7. The lowest BCUT2D eigenvalue weighted by Crippen LogP contribution is -2.28. The molecule has 0 radical (unpaired) electrons. The first-order chi connectivity index (χ1) is 19.6. The largest absolute Gasteiger partial charge is 0.479 e. The number of rotatable bonds is 6. The van der Waals surface area contributed by atoms with E-state index in [1.807, 2.05) is 64.2 Å². The average Bonchev–Trinajstić information content (AvgIpc) is 3.55. The summed E-state index contributed by atoms with van der Waals surface area (Å²) in [5, 5.41) is 17.5. The molecular formula is C32H32ClN3O4S. The summed E-state index contributed by atoms with van der Waals surface area (Å²) in [7, 11) is 0. The molecule has 2 aromatic heterocycles. The number of aryl methyl sites for hydroxylation is 1. The van der Waals surface area contributed by atoms with Crippen LogP contribution in [0.2, 0.25) is 5.02 Å². The number of carboxylic acid groups (broad SMARTS) is 1. The summed E-state index contributed by atoms with van der Waals surface area (Å²) in [6.45, 7) is 9.04. The van der Waals surface area contributed by atoms with Crippen LogP contribution in [-0.2, 0) is 14.3 Å². The Balaban J connectivity index is 1.51. The molecular weight excluding hydrogens is 558 g/mol. The van der Waals surface area contributed by atoms with Crippen LogP contribution in [0.4, 0.5) is 0 Å². The molecule has 1 aliphatic rings. The van der Waals surface area contributed by atoms with Crippen molar-refractivity contribution in [2.24, 2.45) is 0 Å². The van der Waals surface area contributed by atoms with Gasteiger partial charge in [-0.05, 0) is 88.1 Å². The number of hydrogen-bond donors (Lipinski definition) is 1. The van der Waals surface area contributed by atoms with Gasteiger partial charge in [0.2, 0.25) is 0 Å². The van der Waals surface area contributed by atoms with Crippen LogP contribution in [0.25, 0.3) is 42.8 Å². The van der Waals surface area contributed by atoms with Crippen LogP contribution < -0.4 is 0 Å². The maximum absolute atomic E-state index is 12.6. The number of aromatic nitrogens is 3. The minimum absolute atomic E-state index is 0.343. The minimum Gasteiger partial charge on any atom is -0.479 e. The fraction of sp³-hybridized carbons (Fsp3) is 0.344.